The van der Waals surface area contributed by atoms with Crippen LogP contribution in [0.15, 0.2) is 0 Å². The summed E-state index contributed by atoms with van der Waals surface area (Å²) in [6.45, 7) is 14.5. The normalized spacial score (nSPS) is 14.6. The highest BCUT2D eigenvalue weighted by Crippen LogP contribution is 2.56. The summed E-state index contributed by atoms with van der Waals surface area (Å²) < 4.78 is 28.5. The van der Waals surface area contributed by atoms with Crippen molar-refractivity contribution >= 4 is 7.82 Å². The SMILES string of the molecule is CC(C)OP(=O)(OC(C)(C)C)OC(C)(C)C. The molecule has 0 fully saturated rings. The van der Waals surface area contributed by atoms with Gasteiger partial charge in [0.1, 0.15) is 0 Å². The maximum absolute atomic E-state index is 12.4. The molecule has 0 saturated carbocycles. The van der Waals surface area contributed by atoms with E-state index in [1.54, 1.807) is 13.8 Å². The zero-order chi connectivity index (χ0) is 13.2. The van der Waals surface area contributed by atoms with Gasteiger partial charge in [-0.15, -0.1) is 0 Å². The molecule has 0 amide bonds. The molecule has 0 atom stereocenters. The van der Waals surface area contributed by atoms with Crippen LogP contribution in [0.4, 0.5) is 0 Å². The summed E-state index contributed by atoms with van der Waals surface area (Å²) in [7, 11) is -3.52. The van der Waals surface area contributed by atoms with E-state index in [9.17, 15) is 4.57 Å². The van der Waals surface area contributed by atoms with Crippen LogP contribution in [0, 0.1) is 0 Å². The van der Waals surface area contributed by atoms with Crippen molar-refractivity contribution in [3.05, 3.63) is 0 Å². The van der Waals surface area contributed by atoms with Crippen molar-refractivity contribution in [2.45, 2.75) is 72.7 Å². The second-order valence-corrected chi connectivity index (χ2v) is 7.48. The number of hydrogen-bond acceptors (Lipinski definition) is 4. The maximum Gasteiger partial charge on any atom is 0.476 e. The fraction of sp³-hybridized carbons (Fsp3) is 1.00. The quantitative estimate of drug-likeness (QED) is 0.705. The molecule has 0 aliphatic carbocycles. The van der Waals surface area contributed by atoms with Gasteiger partial charge in [-0.05, 0) is 55.4 Å². The average Bonchev–Trinajstić information content (AvgIpc) is 1.69. The first-order chi connectivity index (χ1) is 6.83. The minimum absolute atomic E-state index is 0.212. The predicted molar refractivity (Wildman–Crippen MR) is 65.5 cm³/mol. The lowest BCUT2D eigenvalue weighted by Crippen LogP contribution is -2.25. The highest BCUT2D eigenvalue weighted by atomic mass is 31.2. The summed E-state index contributed by atoms with van der Waals surface area (Å²) in [6, 6.07) is 0. The van der Waals surface area contributed by atoms with Gasteiger partial charge in [-0.25, -0.2) is 4.57 Å². The lowest BCUT2D eigenvalue weighted by Gasteiger charge is -2.31. The minimum Gasteiger partial charge on any atom is -0.284 e. The van der Waals surface area contributed by atoms with Crippen LogP contribution in [0.25, 0.3) is 0 Å². The molecule has 0 unspecified atom stereocenters. The second-order valence-electron chi connectivity index (χ2n) is 6.01. The number of phosphoric acid groups is 1. The Kier molecular flexibility index (Phi) is 5.21. The van der Waals surface area contributed by atoms with Crippen molar-refractivity contribution in [2.24, 2.45) is 0 Å². The smallest absolute Gasteiger partial charge is 0.284 e. The standard InChI is InChI=1S/C11H25O4P/c1-9(2)13-16(12,14-10(3,4)5)15-11(6,7)8/h9H,1-8H3. The van der Waals surface area contributed by atoms with Crippen LogP contribution in [0.5, 0.6) is 0 Å². The van der Waals surface area contributed by atoms with Gasteiger partial charge in [0.25, 0.3) is 0 Å². The molecule has 0 bridgehead atoms. The second kappa shape index (κ2) is 5.18. The number of phosphoric ester groups is 1. The highest BCUT2D eigenvalue weighted by molar-refractivity contribution is 7.48. The molecule has 16 heavy (non-hydrogen) atoms. The predicted octanol–water partition coefficient (Wildman–Crippen LogP) is 4.15. The average molecular weight is 252 g/mol. The van der Waals surface area contributed by atoms with Gasteiger partial charge >= 0.3 is 7.82 Å². The molecule has 0 aliphatic rings. The summed E-state index contributed by atoms with van der Waals surface area (Å²) in [6.07, 6.45) is -0.212. The lowest BCUT2D eigenvalue weighted by molar-refractivity contribution is -0.00568. The Balaban J connectivity index is 4.83. The first kappa shape index (κ1) is 16.1. The Labute approximate surface area is 99.3 Å². The van der Waals surface area contributed by atoms with E-state index < -0.39 is 19.0 Å². The van der Waals surface area contributed by atoms with Crippen LogP contribution in [-0.2, 0) is 18.1 Å². The van der Waals surface area contributed by atoms with E-state index in [1.165, 1.54) is 0 Å². The fourth-order valence-electron chi connectivity index (χ4n) is 0.991. The van der Waals surface area contributed by atoms with E-state index in [1.807, 2.05) is 41.5 Å². The Bertz CT molecular complexity index is 240. The van der Waals surface area contributed by atoms with Crippen molar-refractivity contribution in [2.75, 3.05) is 0 Å². The van der Waals surface area contributed by atoms with E-state index in [4.69, 9.17) is 13.6 Å². The largest absolute Gasteiger partial charge is 0.476 e. The fourth-order valence-corrected chi connectivity index (χ4v) is 2.97. The maximum atomic E-state index is 12.4. The molecule has 0 aromatic heterocycles. The molecule has 0 N–H and O–H groups in total. The first-order valence-electron chi connectivity index (χ1n) is 5.53. The van der Waals surface area contributed by atoms with E-state index in [0.29, 0.717) is 0 Å². The van der Waals surface area contributed by atoms with Crippen LogP contribution < -0.4 is 0 Å². The summed E-state index contributed by atoms with van der Waals surface area (Å²) in [5.41, 5.74) is -1.15. The molecule has 0 aromatic rings. The molecule has 0 heterocycles. The third-order valence-electron chi connectivity index (χ3n) is 1.11. The monoisotopic (exact) mass is 252 g/mol. The molecule has 0 spiro atoms. The van der Waals surface area contributed by atoms with Crippen molar-refractivity contribution in [1.29, 1.82) is 0 Å². The summed E-state index contributed by atoms with van der Waals surface area (Å²) >= 11 is 0. The van der Waals surface area contributed by atoms with Crippen molar-refractivity contribution in [1.82, 2.24) is 0 Å². The lowest BCUT2D eigenvalue weighted by atomic mass is 10.2. The molecular weight excluding hydrogens is 227 g/mol. The molecule has 4 nitrogen and oxygen atoms in total. The Morgan fingerprint density at radius 1 is 0.875 bits per heavy atom. The van der Waals surface area contributed by atoms with Crippen LogP contribution in [0.1, 0.15) is 55.4 Å². The molecule has 0 aliphatic heterocycles. The zero-order valence-electron chi connectivity index (χ0n) is 11.7. The van der Waals surface area contributed by atoms with E-state index in [2.05, 4.69) is 0 Å². The molecule has 5 heteroatoms. The van der Waals surface area contributed by atoms with Crippen LogP contribution >= 0.6 is 7.82 Å². The van der Waals surface area contributed by atoms with E-state index in [-0.39, 0.29) is 6.10 Å². The van der Waals surface area contributed by atoms with Gasteiger partial charge in [0.05, 0.1) is 17.3 Å². The zero-order valence-corrected chi connectivity index (χ0v) is 12.6. The van der Waals surface area contributed by atoms with Gasteiger partial charge in [0.2, 0.25) is 0 Å². The third kappa shape index (κ3) is 8.28. The Morgan fingerprint density at radius 3 is 1.38 bits per heavy atom. The van der Waals surface area contributed by atoms with Gasteiger partial charge in [0.15, 0.2) is 0 Å². The van der Waals surface area contributed by atoms with Crippen LogP contribution in [-0.4, -0.2) is 17.3 Å². The van der Waals surface area contributed by atoms with Crippen molar-refractivity contribution < 1.29 is 18.1 Å². The van der Waals surface area contributed by atoms with Gasteiger partial charge in [-0.3, -0.25) is 13.6 Å². The summed E-state index contributed by atoms with van der Waals surface area (Å²) in [5.74, 6) is 0. The summed E-state index contributed by atoms with van der Waals surface area (Å²) in [5, 5.41) is 0. The number of rotatable bonds is 4. The van der Waals surface area contributed by atoms with Crippen molar-refractivity contribution in [3.8, 4) is 0 Å². The van der Waals surface area contributed by atoms with E-state index >= 15 is 0 Å². The third-order valence-corrected chi connectivity index (χ3v) is 3.33. The first-order valence-corrected chi connectivity index (χ1v) is 6.99. The molecule has 0 saturated heterocycles. The molecule has 98 valence electrons. The molecular formula is C11H25O4P. The molecule has 0 rings (SSSR count). The van der Waals surface area contributed by atoms with Crippen LogP contribution in [0.3, 0.4) is 0 Å². The van der Waals surface area contributed by atoms with Gasteiger partial charge < -0.3 is 0 Å². The number of hydrogen-bond donors (Lipinski definition) is 0. The Morgan fingerprint density at radius 2 is 1.19 bits per heavy atom. The Hall–Kier alpha value is 0.110. The van der Waals surface area contributed by atoms with Crippen molar-refractivity contribution in [3.63, 3.8) is 0 Å². The molecule has 0 aromatic carbocycles. The van der Waals surface area contributed by atoms with Crippen LogP contribution in [0.2, 0.25) is 0 Å². The summed E-state index contributed by atoms with van der Waals surface area (Å²) in [4.78, 5) is 0. The minimum atomic E-state index is -3.52. The van der Waals surface area contributed by atoms with Gasteiger partial charge in [-0.1, -0.05) is 0 Å². The topological polar surface area (TPSA) is 44.8 Å². The molecule has 0 radical (unpaired) electrons. The van der Waals surface area contributed by atoms with Gasteiger partial charge in [0, 0.05) is 0 Å². The van der Waals surface area contributed by atoms with Gasteiger partial charge in [-0.2, -0.15) is 0 Å². The van der Waals surface area contributed by atoms with E-state index in [0.717, 1.165) is 0 Å². The highest BCUT2D eigenvalue weighted by Gasteiger charge is 2.37.